The maximum atomic E-state index is 12.4. The maximum absolute atomic E-state index is 12.4. The van der Waals surface area contributed by atoms with Gasteiger partial charge in [-0.3, -0.25) is 25.5 Å². The Morgan fingerprint density at radius 2 is 1.77 bits per heavy atom. The Labute approximate surface area is 148 Å². The van der Waals surface area contributed by atoms with Crippen LogP contribution in [0.3, 0.4) is 0 Å². The lowest BCUT2D eigenvalue weighted by atomic mass is 10.1. The number of pyridine rings is 1. The molecule has 2 amide bonds. The molecule has 0 spiro atoms. The van der Waals surface area contributed by atoms with E-state index in [1.54, 1.807) is 6.07 Å². The van der Waals surface area contributed by atoms with E-state index in [4.69, 9.17) is 0 Å². The summed E-state index contributed by atoms with van der Waals surface area (Å²) in [6, 6.07) is 16.5. The van der Waals surface area contributed by atoms with E-state index in [2.05, 4.69) is 26.0 Å². The summed E-state index contributed by atoms with van der Waals surface area (Å²) in [5.74, 6) is -1.00. The normalized spacial score (nSPS) is 10.8. The summed E-state index contributed by atoms with van der Waals surface area (Å²) in [5.41, 5.74) is 7.66. The Kier molecular flexibility index (Phi) is 3.81. The molecule has 2 aromatic carbocycles. The smallest absolute Gasteiger partial charge is 0.277 e. The molecule has 3 N–H and O–H groups in total. The number of hydrogen-bond donors (Lipinski definition) is 3. The first-order chi connectivity index (χ1) is 12.6. The summed E-state index contributed by atoms with van der Waals surface area (Å²) in [5, 5.41) is 8.46. The quantitative estimate of drug-likeness (QED) is 0.486. The molecule has 2 heterocycles. The molecule has 0 aliphatic heterocycles. The van der Waals surface area contributed by atoms with Crippen LogP contribution in [0.4, 0.5) is 0 Å². The van der Waals surface area contributed by atoms with Gasteiger partial charge in [0, 0.05) is 10.8 Å². The number of aryl methyl sites for hydroxylation is 1. The topological polar surface area (TPSA) is 99.8 Å². The van der Waals surface area contributed by atoms with E-state index in [1.807, 2.05) is 55.5 Å². The van der Waals surface area contributed by atoms with Crippen LogP contribution in [0.2, 0.25) is 0 Å². The lowest BCUT2D eigenvalue weighted by molar-refractivity contribution is 0.0842. The minimum absolute atomic E-state index is 0.215. The molecule has 2 aromatic heterocycles. The Bertz CT molecular complexity index is 1150. The van der Waals surface area contributed by atoms with E-state index >= 15 is 0 Å². The van der Waals surface area contributed by atoms with Crippen LogP contribution < -0.4 is 10.9 Å². The van der Waals surface area contributed by atoms with Gasteiger partial charge in [0.05, 0.1) is 11.0 Å². The number of hydrazine groups is 1. The SMILES string of the molecule is Cc1ccc2[nH]nc(C(=O)NNC(=O)c3ccc4ccccc4n3)c2c1. The fourth-order valence-corrected chi connectivity index (χ4v) is 2.73. The Morgan fingerprint density at radius 3 is 2.65 bits per heavy atom. The van der Waals surface area contributed by atoms with Gasteiger partial charge in [-0.1, -0.05) is 35.9 Å². The second kappa shape index (κ2) is 6.29. The number of para-hydroxylation sites is 1. The summed E-state index contributed by atoms with van der Waals surface area (Å²) in [4.78, 5) is 28.9. The zero-order chi connectivity index (χ0) is 18.1. The number of nitrogens with zero attached hydrogens (tertiary/aromatic N) is 2. The van der Waals surface area contributed by atoms with Gasteiger partial charge in [-0.2, -0.15) is 5.10 Å². The van der Waals surface area contributed by atoms with Gasteiger partial charge in [-0.25, -0.2) is 4.98 Å². The highest BCUT2D eigenvalue weighted by molar-refractivity contribution is 6.06. The van der Waals surface area contributed by atoms with Gasteiger partial charge in [0.15, 0.2) is 5.69 Å². The number of carbonyl (C=O) groups is 2. The lowest BCUT2D eigenvalue weighted by Crippen LogP contribution is -2.42. The molecule has 4 rings (SSSR count). The summed E-state index contributed by atoms with van der Waals surface area (Å²) in [6.45, 7) is 1.93. The van der Waals surface area contributed by atoms with Crippen LogP contribution in [-0.2, 0) is 0 Å². The summed E-state index contributed by atoms with van der Waals surface area (Å²) in [6.07, 6.45) is 0. The van der Waals surface area contributed by atoms with Crippen molar-refractivity contribution in [2.24, 2.45) is 0 Å². The molecule has 7 heteroatoms. The fourth-order valence-electron chi connectivity index (χ4n) is 2.73. The van der Waals surface area contributed by atoms with Crippen molar-refractivity contribution in [1.82, 2.24) is 26.0 Å². The van der Waals surface area contributed by atoms with E-state index in [1.165, 1.54) is 0 Å². The van der Waals surface area contributed by atoms with Crippen LogP contribution in [0.1, 0.15) is 26.5 Å². The molecule has 26 heavy (non-hydrogen) atoms. The minimum Gasteiger partial charge on any atom is -0.277 e. The fraction of sp³-hybridized carbons (Fsp3) is 0.0526. The molecule has 0 radical (unpaired) electrons. The molecule has 0 unspecified atom stereocenters. The first-order valence-electron chi connectivity index (χ1n) is 8.03. The summed E-state index contributed by atoms with van der Waals surface area (Å²) >= 11 is 0. The van der Waals surface area contributed by atoms with Gasteiger partial charge in [0.1, 0.15) is 5.69 Å². The number of benzene rings is 2. The highest BCUT2D eigenvalue weighted by Gasteiger charge is 2.16. The van der Waals surface area contributed by atoms with Crippen molar-refractivity contribution in [2.45, 2.75) is 6.92 Å². The first kappa shape index (κ1) is 15.8. The Morgan fingerprint density at radius 1 is 0.962 bits per heavy atom. The molecule has 128 valence electrons. The third-order valence-electron chi connectivity index (χ3n) is 4.05. The van der Waals surface area contributed by atoms with Crippen LogP contribution in [-0.4, -0.2) is 27.0 Å². The average Bonchev–Trinajstić information content (AvgIpc) is 3.08. The highest BCUT2D eigenvalue weighted by Crippen LogP contribution is 2.17. The van der Waals surface area contributed by atoms with Gasteiger partial charge in [0.25, 0.3) is 11.8 Å². The summed E-state index contributed by atoms with van der Waals surface area (Å²) in [7, 11) is 0. The number of hydrogen-bond acceptors (Lipinski definition) is 4. The van der Waals surface area contributed by atoms with Crippen LogP contribution in [0, 0.1) is 6.92 Å². The molecule has 4 aromatic rings. The predicted molar refractivity (Wildman–Crippen MR) is 97.5 cm³/mol. The number of rotatable bonds is 2. The lowest BCUT2D eigenvalue weighted by Gasteiger charge is -2.06. The van der Waals surface area contributed by atoms with E-state index in [0.717, 1.165) is 16.5 Å². The third-order valence-corrected chi connectivity index (χ3v) is 4.05. The van der Waals surface area contributed by atoms with Gasteiger partial charge in [-0.15, -0.1) is 0 Å². The largest absolute Gasteiger partial charge is 0.290 e. The van der Waals surface area contributed by atoms with Crippen molar-refractivity contribution in [2.75, 3.05) is 0 Å². The van der Waals surface area contributed by atoms with Crippen molar-refractivity contribution in [3.63, 3.8) is 0 Å². The van der Waals surface area contributed by atoms with Crippen LogP contribution in [0.5, 0.6) is 0 Å². The zero-order valence-corrected chi connectivity index (χ0v) is 13.9. The van der Waals surface area contributed by atoms with Crippen molar-refractivity contribution >= 4 is 33.6 Å². The molecule has 7 nitrogen and oxygen atoms in total. The number of aromatic nitrogens is 3. The number of carbonyl (C=O) groups excluding carboxylic acids is 2. The molecular weight excluding hydrogens is 330 g/mol. The van der Waals surface area contributed by atoms with E-state index < -0.39 is 11.8 Å². The number of amides is 2. The number of aromatic amines is 1. The first-order valence-corrected chi connectivity index (χ1v) is 8.03. The standard InChI is InChI=1S/C19H15N5O2/c1-11-6-8-15-13(10-11)17(22-21-15)19(26)24-23-18(25)16-9-7-12-4-2-3-5-14(12)20-16/h2-10H,1H3,(H,21,22)(H,23,25)(H,24,26). The van der Waals surface area contributed by atoms with E-state index in [-0.39, 0.29) is 11.4 Å². The molecule has 0 saturated heterocycles. The monoisotopic (exact) mass is 345 g/mol. The van der Waals surface area contributed by atoms with E-state index in [9.17, 15) is 9.59 Å². The molecule has 0 atom stereocenters. The second-order valence-corrected chi connectivity index (χ2v) is 5.92. The van der Waals surface area contributed by atoms with Gasteiger partial charge in [-0.05, 0) is 31.2 Å². The predicted octanol–water partition coefficient (Wildman–Crippen LogP) is 2.49. The molecule has 0 bridgehead atoms. The molecule has 0 fully saturated rings. The average molecular weight is 345 g/mol. The van der Waals surface area contributed by atoms with Crippen molar-refractivity contribution in [3.05, 3.63) is 71.5 Å². The van der Waals surface area contributed by atoms with Crippen LogP contribution >= 0.6 is 0 Å². The Balaban J connectivity index is 1.51. The second-order valence-electron chi connectivity index (χ2n) is 5.92. The Hall–Kier alpha value is -3.74. The number of H-pyrrole nitrogens is 1. The molecule has 0 aliphatic carbocycles. The van der Waals surface area contributed by atoms with Crippen molar-refractivity contribution in [1.29, 1.82) is 0 Å². The van der Waals surface area contributed by atoms with Gasteiger partial charge in [0.2, 0.25) is 0 Å². The van der Waals surface area contributed by atoms with Gasteiger partial charge >= 0.3 is 0 Å². The van der Waals surface area contributed by atoms with Crippen LogP contribution in [0.15, 0.2) is 54.6 Å². The van der Waals surface area contributed by atoms with E-state index in [0.29, 0.717) is 10.9 Å². The summed E-state index contributed by atoms with van der Waals surface area (Å²) < 4.78 is 0. The van der Waals surface area contributed by atoms with Crippen molar-refractivity contribution in [3.8, 4) is 0 Å². The number of fused-ring (bicyclic) bond motifs is 2. The van der Waals surface area contributed by atoms with Crippen LogP contribution in [0.25, 0.3) is 21.8 Å². The molecule has 0 aliphatic rings. The van der Waals surface area contributed by atoms with Crippen molar-refractivity contribution < 1.29 is 9.59 Å². The molecular formula is C19H15N5O2. The third kappa shape index (κ3) is 2.86. The molecule has 0 saturated carbocycles. The zero-order valence-electron chi connectivity index (χ0n) is 13.9. The number of nitrogens with one attached hydrogen (secondary N) is 3. The maximum Gasteiger partial charge on any atom is 0.290 e. The minimum atomic E-state index is -0.504. The highest BCUT2D eigenvalue weighted by atomic mass is 16.2. The van der Waals surface area contributed by atoms with Gasteiger partial charge < -0.3 is 0 Å².